The number of rotatable bonds is 8. The van der Waals surface area contributed by atoms with E-state index in [1.807, 2.05) is 0 Å². The van der Waals surface area contributed by atoms with E-state index in [9.17, 15) is 9.59 Å². The van der Waals surface area contributed by atoms with Gasteiger partial charge in [0.2, 0.25) is 5.88 Å². The van der Waals surface area contributed by atoms with E-state index in [0.29, 0.717) is 34.9 Å². The van der Waals surface area contributed by atoms with Crippen LogP contribution in [-0.4, -0.2) is 63.8 Å². The molecular weight excluding hydrogens is 408 g/mol. The highest BCUT2D eigenvalue weighted by Crippen LogP contribution is 2.19. The lowest BCUT2D eigenvalue weighted by molar-refractivity contribution is 0.0951. The van der Waals surface area contributed by atoms with Crippen LogP contribution in [0.15, 0.2) is 59.8 Å². The summed E-state index contributed by atoms with van der Waals surface area (Å²) in [5, 5.41) is 5.85. The summed E-state index contributed by atoms with van der Waals surface area (Å²) in [7, 11) is 1.52. The Balaban J connectivity index is 1.37. The number of carbonyl (C=O) groups excluding carboxylic acids is 1. The van der Waals surface area contributed by atoms with Crippen molar-refractivity contribution in [1.29, 1.82) is 0 Å². The number of hydrogen-bond acceptors (Lipinski definition) is 6. The lowest BCUT2D eigenvalue weighted by atomic mass is 10.1. The first-order valence-electron chi connectivity index (χ1n) is 10.6. The highest BCUT2D eigenvalue weighted by atomic mass is 16.5. The van der Waals surface area contributed by atoms with Gasteiger partial charge in [-0.1, -0.05) is 12.2 Å². The number of carbonyl (C=O) groups is 1. The van der Waals surface area contributed by atoms with Crippen LogP contribution in [0.5, 0.6) is 5.88 Å². The van der Waals surface area contributed by atoms with Crippen LogP contribution in [0, 0.1) is 0 Å². The summed E-state index contributed by atoms with van der Waals surface area (Å²) >= 11 is 0. The SMILES string of the molecule is COc1cc(-c2c[nH]n(-c3ccc(C(=O)NCCCN4CC=CCC4)cn3)c2=O)ccn1. The second-order valence-corrected chi connectivity index (χ2v) is 7.49. The Bertz CT molecular complexity index is 1150. The van der Waals surface area contributed by atoms with Gasteiger partial charge in [0, 0.05) is 50.8 Å². The van der Waals surface area contributed by atoms with E-state index in [-0.39, 0.29) is 11.5 Å². The lowest BCUT2D eigenvalue weighted by Gasteiger charge is -2.22. The minimum atomic E-state index is -0.254. The van der Waals surface area contributed by atoms with E-state index >= 15 is 0 Å². The number of H-pyrrole nitrogens is 1. The fraction of sp³-hybridized carbons (Fsp3) is 0.304. The molecule has 1 aliphatic rings. The van der Waals surface area contributed by atoms with Crippen molar-refractivity contribution in [3.05, 3.63) is 70.9 Å². The van der Waals surface area contributed by atoms with Gasteiger partial charge in [0.1, 0.15) is 0 Å². The van der Waals surface area contributed by atoms with E-state index in [1.165, 1.54) is 18.0 Å². The van der Waals surface area contributed by atoms with Crippen molar-refractivity contribution in [2.45, 2.75) is 12.8 Å². The zero-order valence-electron chi connectivity index (χ0n) is 18.0. The van der Waals surface area contributed by atoms with Gasteiger partial charge in [0.15, 0.2) is 5.82 Å². The predicted molar refractivity (Wildman–Crippen MR) is 121 cm³/mol. The molecule has 1 aliphatic heterocycles. The van der Waals surface area contributed by atoms with Crippen molar-refractivity contribution in [2.75, 3.05) is 33.3 Å². The van der Waals surface area contributed by atoms with Crippen LogP contribution in [0.1, 0.15) is 23.2 Å². The van der Waals surface area contributed by atoms with Gasteiger partial charge in [-0.25, -0.2) is 14.6 Å². The summed E-state index contributed by atoms with van der Waals surface area (Å²) < 4.78 is 6.45. The molecule has 0 bridgehead atoms. The van der Waals surface area contributed by atoms with Gasteiger partial charge in [-0.15, -0.1) is 0 Å². The van der Waals surface area contributed by atoms with Gasteiger partial charge in [-0.05, 0) is 36.6 Å². The van der Waals surface area contributed by atoms with Crippen LogP contribution in [-0.2, 0) is 0 Å². The summed E-state index contributed by atoms with van der Waals surface area (Å²) in [6, 6.07) is 6.73. The van der Waals surface area contributed by atoms with Crippen molar-refractivity contribution in [3.8, 4) is 22.8 Å². The Morgan fingerprint density at radius 2 is 2.16 bits per heavy atom. The Morgan fingerprint density at radius 1 is 1.25 bits per heavy atom. The molecule has 2 N–H and O–H groups in total. The molecule has 9 heteroatoms. The summed E-state index contributed by atoms with van der Waals surface area (Å²) in [5.74, 6) is 0.652. The number of ether oxygens (including phenoxy) is 1. The van der Waals surface area contributed by atoms with Crippen LogP contribution in [0.3, 0.4) is 0 Å². The third-order valence-electron chi connectivity index (χ3n) is 5.34. The minimum Gasteiger partial charge on any atom is -0.481 e. The van der Waals surface area contributed by atoms with Crippen molar-refractivity contribution in [1.82, 2.24) is 30.0 Å². The van der Waals surface area contributed by atoms with Crippen LogP contribution >= 0.6 is 0 Å². The summed E-state index contributed by atoms with van der Waals surface area (Å²) in [6.45, 7) is 3.62. The molecule has 0 spiro atoms. The Kier molecular flexibility index (Phi) is 6.76. The molecule has 0 saturated carbocycles. The van der Waals surface area contributed by atoms with E-state index < -0.39 is 0 Å². The second kappa shape index (κ2) is 10.1. The van der Waals surface area contributed by atoms with E-state index in [1.54, 1.807) is 36.7 Å². The van der Waals surface area contributed by atoms with Crippen molar-refractivity contribution in [2.24, 2.45) is 0 Å². The molecule has 0 radical (unpaired) electrons. The molecule has 1 amide bonds. The van der Waals surface area contributed by atoms with Gasteiger partial charge >= 0.3 is 0 Å². The highest BCUT2D eigenvalue weighted by Gasteiger charge is 2.13. The Hall–Kier alpha value is -3.72. The molecule has 3 aromatic rings. The van der Waals surface area contributed by atoms with Gasteiger partial charge in [-0.2, -0.15) is 0 Å². The topological polar surface area (TPSA) is 105 Å². The number of hydrogen-bond donors (Lipinski definition) is 2. The van der Waals surface area contributed by atoms with Gasteiger partial charge in [0.05, 0.1) is 18.2 Å². The van der Waals surface area contributed by atoms with Crippen LogP contribution < -0.4 is 15.6 Å². The molecule has 0 fully saturated rings. The van der Waals surface area contributed by atoms with Crippen molar-refractivity contribution in [3.63, 3.8) is 0 Å². The smallest absolute Gasteiger partial charge is 0.280 e. The minimum absolute atomic E-state index is 0.175. The first kappa shape index (κ1) is 21.5. The van der Waals surface area contributed by atoms with Gasteiger partial charge in [-0.3, -0.25) is 19.6 Å². The van der Waals surface area contributed by atoms with Crippen molar-refractivity contribution >= 4 is 5.91 Å². The zero-order valence-corrected chi connectivity index (χ0v) is 18.0. The third-order valence-corrected chi connectivity index (χ3v) is 5.34. The largest absolute Gasteiger partial charge is 0.481 e. The Labute approximate surface area is 185 Å². The maximum Gasteiger partial charge on any atom is 0.280 e. The standard InChI is InChI=1S/C23H26N6O3/c1-32-21-14-17(8-10-24-21)19-16-27-29(23(19)31)20-7-6-18(15-26-20)22(30)25-9-5-13-28-11-3-2-4-12-28/h2-3,6-8,10,14-16,27H,4-5,9,11-13H2,1H3,(H,25,30). The average molecular weight is 435 g/mol. The molecule has 32 heavy (non-hydrogen) atoms. The molecule has 0 aliphatic carbocycles. The first-order valence-corrected chi connectivity index (χ1v) is 10.6. The molecule has 4 heterocycles. The monoisotopic (exact) mass is 434 g/mol. The Morgan fingerprint density at radius 3 is 2.91 bits per heavy atom. The van der Waals surface area contributed by atoms with Crippen molar-refractivity contribution < 1.29 is 9.53 Å². The second-order valence-electron chi connectivity index (χ2n) is 7.49. The van der Waals surface area contributed by atoms with Crippen LogP contribution in [0.4, 0.5) is 0 Å². The predicted octanol–water partition coefficient (Wildman–Crippen LogP) is 2.01. The van der Waals surface area contributed by atoms with Gasteiger partial charge < -0.3 is 10.1 Å². The fourth-order valence-corrected chi connectivity index (χ4v) is 3.59. The number of methoxy groups -OCH3 is 1. The average Bonchev–Trinajstić information content (AvgIpc) is 3.23. The van der Waals surface area contributed by atoms with E-state index in [4.69, 9.17) is 4.74 Å². The molecule has 0 unspecified atom stereocenters. The van der Waals surface area contributed by atoms with Gasteiger partial charge in [0.25, 0.3) is 11.5 Å². The maximum absolute atomic E-state index is 12.8. The number of pyridine rings is 2. The molecule has 0 aromatic carbocycles. The summed E-state index contributed by atoms with van der Waals surface area (Å²) in [5.41, 5.74) is 1.36. The lowest BCUT2D eigenvalue weighted by Crippen LogP contribution is -2.32. The quantitative estimate of drug-likeness (QED) is 0.415. The number of aromatic nitrogens is 4. The first-order chi connectivity index (χ1) is 15.7. The molecule has 166 valence electrons. The fourth-order valence-electron chi connectivity index (χ4n) is 3.59. The maximum atomic E-state index is 12.8. The molecule has 0 atom stereocenters. The number of amides is 1. The number of nitrogens with one attached hydrogen (secondary N) is 2. The van der Waals surface area contributed by atoms with E-state index in [2.05, 4.69) is 37.4 Å². The molecule has 4 rings (SSSR count). The summed E-state index contributed by atoms with van der Waals surface area (Å²) in [6.07, 6.45) is 11.0. The van der Waals surface area contributed by atoms with E-state index in [0.717, 1.165) is 32.5 Å². The van der Waals surface area contributed by atoms with Crippen LogP contribution in [0.2, 0.25) is 0 Å². The molecule has 0 saturated heterocycles. The molecule has 9 nitrogen and oxygen atoms in total. The van der Waals surface area contributed by atoms with Crippen LogP contribution in [0.25, 0.3) is 16.9 Å². The molecule has 3 aromatic heterocycles. The third kappa shape index (κ3) is 4.94. The normalized spacial score (nSPS) is 13.8. The zero-order chi connectivity index (χ0) is 22.3. The number of aromatic amines is 1. The molecular formula is C23H26N6O3. The highest BCUT2D eigenvalue weighted by molar-refractivity contribution is 5.93. The number of nitrogens with zero attached hydrogens (tertiary/aromatic N) is 4. The summed E-state index contributed by atoms with van der Waals surface area (Å²) in [4.78, 5) is 35.9.